The fourth-order valence-corrected chi connectivity index (χ4v) is 3.75. The zero-order valence-corrected chi connectivity index (χ0v) is 14.5. The largest absolute Gasteiger partial charge is 0.371 e. The van der Waals surface area contributed by atoms with Crippen LogP contribution in [0.3, 0.4) is 0 Å². The number of anilines is 1. The van der Waals surface area contributed by atoms with Crippen LogP contribution < -0.4 is 10.2 Å². The smallest absolute Gasteiger partial charge is 0.0510 e. The first-order chi connectivity index (χ1) is 9.61. The minimum absolute atomic E-state index is 0.696. The van der Waals surface area contributed by atoms with Crippen LogP contribution in [0.4, 0.5) is 5.69 Å². The lowest BCUT2D eigenvalue weighted by atomic mass is 9.86. The second-order valence-electron chi connectivity index (χ2n) is 6.09. The molecule has 112 valence electrons. The Morgan fingerprint density at radius 3 is 2.55 bits per heavy atom. The molecule has 0 spiro atoms. The van der Waals surface area contributed by atoms with Gasteiger partial charge in [0.05, 0.1) is 5.69 Å². The normalized spacial score (nSPS) is 22.8. The molecule has 2 rings (SSSR count). The second kappa shape index (κ2) is 7.46. The lowest BCUT2D eigenvalue weighted by Gasteiger charge is -2.35. The number of hydrogen-bond donors (Lipinski definition) is 1. The predicted molar refractivity (Wildman–Crippen MR) is 91.3 cm³/mol. The zero-order chi connectivity index (χ0) is 14.5. The molecule has 1 aliphatic rings. The molecule has 1 aromatic carbocycles. The first kappa shape index (κ1) is 15.8. The second-order valence-corrected chi connectivity index (χ2v) is 6.95. The molecule has 1 fully saturated rings. The molecule has 2 nitrogen and oxygen atoms in total. The van der Waals surface area contributed by atoms with Crippen LogP contribution in [0, 0.1) is 5.92 Å². The summed E-state index contributed by atoms with van der Waals surface area (Å²) in [5, 5.41) is 3.37. The van der Waals surface area contributed by atoms with Crippen LogP contribution >= 0.6 is 15.9 Å². The molecule has 0 heterocycles. The molecule has 0 saturated heterocycles. The van der Waals surface area contributed by atoms with Crippen molar-refractivity contribution in [2.75, 3.05) is 18.5 Å². The molecule has 3 heteroatoms. The number of benzene rings is 1. The molecule has 1 aromatic rings. The molecule has 20 heavy (non-hydrogen) atoms. The van der Waals surface area contributed by atoms with Crippen molar-refractivity contribution in [2.24, 2.45) is 5.92 Å². The summed E-state index contributed by atoms with van der Waals surface area (Å²) >= 11 is 3.75. The summed E-state index contributed by atoms with van der Waals surface area (Å²) in [6, 6.07) is 7.45. The third-order valence-electron chi connectivity index (χ3n) is 4.50. The summed E-state index contributed by atoms with van der Waals surface area (Å²) in [7, 11) is 2.24. The fourth-order valence-electron chi connectivity index (χ4n) is 3.04. The van der Waals surface area contributed by atoms with Crippen molar-refractivity contribution in [3.63, 3.8) is 0 Å². The number of hydrogen-bond acceptors (Lipinski definition) is 2. The minimum atomic E-state index is 0.696. The molecule has 1 N–H and O–H groups in total. The molecule has 0 atom stereocenters. The van der Waals surface area contributed by atoms with Crippen molar-refractivity contribution in [1.29, 1.82) is 0 Å². The van der Waals surface area contributed by atoms with Gasteiger partial charge < -0.3 is 10.2 Å². The highest BCUT2D eigenvalue weighted by Crippen LogP contribution is 2.33. The number of nitrogens with zero attached hydrogens (tertiary/aromatic N) is 1. The van der Waals surface area contributed by atoms with E-state index in [1.54, 1.807) is 0 Å². The van der Waals surface area contributed by atoms with Gasteiger partial charge in [0, 0.05) is 24.1 Å². The van der Waals surface area contributed by atoms with E-state index in [1.165, 1.54) is 41.4 Å². The van der Waals surface area contributed by atoms with Gasteiger partial charge in [-0.25, -0.2) is 0 Å². The maximum atomic E-state index is 3.75. The lowest BCUT2D eigenvalue weighted by Crippen LogP contribution is -2.35. The maximum absolute atomic E-state index is 3.75. The van der Waals surface area contributed by atoms with Crippen molar-refractivity contribution in [3.05, 3.63) is 28.2 Å². The molecule has 1 aliphatic carbocycles. The molecular weight excluding hydrogens is 312 g/mol. The predicted octanol–water partition coefficient (Wildman–Crippen LogP) is 4.57. The molecule has 0 unspecified atom stereocenters. The first-order valence-corrected chi connectivity index (χ1v) is 8.63. The van der Waals surface area contributed by atoms with Crippen molar-refractivity contribution in [3.8, 4) is 0 Å². The van der Waals surface area contributed by atoms with Crippen LogP contribution in [0.2, 0.25) is 0 Å². The quantitative estimate of drug-likeness (QED) is 0.845. The van der Waals surface area contributed by atoms with Gasteiger partial charge in [0.2, 0.25) is 0 Å². The molecule has 1 saturated carbocycles. The Labute approximate surface area is 132 Å². The Balaban J connectivity index is 2.04. The van der Waals surface area contributed by atoms with Crippen LogP contribution in [0.15, 0.2) is 22.7 Å². The molecule has 0 amide bonds. The van der Waals surface area contributed by atoms with Gasteiger partial charge in [0.1, 0.15) is 0 Å². The van der Waals surface area contributed by atoms with Gasteiger partial charge in [0.15, 0.2) is 0 Å². The average Bonchev–Trinajstić information content (AvgIpc) is 2.45. The summed E-state index contributed by atoms with van der Waals surface area (Å²) in [5.74, 6) is 0.908. The highest BCUT2D eigenvalue weighted by atomic mass is 79.9. The van der Waals surface area contributed by atoms with Crippen LogP contribution in [0.5, 0.6) is 0 Å². The summed E-state index contributed by atoms with van der Waals surface area (Å²) in [6.07, 6.45) is 5.38. The van der Waals surface area contributed by atoms with Gasteiger partial charge in [-0.2, -0.15) is 0 Å². The Morgan fingerprint density at radius 2 is 1.95 bits per heavy atom. The van der Waals surface area contributed by atoms with Crippen molar-refractivity contribution in [1.82, 2.24) is 5.32 Å². The van der Waals surface area contributed by atoms with Crippen LogP contribution in [-0.2, 0) is 6.54 Å². The molecular formula is C17H27BrN2. The van der Waals surface area contributed by atoms with Crippen LogP contribution in [0.1, 0.15) is 45.1 Å². The van der Waals surface area contributed by atoms with Crippen molar-refractivity contribution < 1.29 is 0 Å². The lowest BCUT2D eigenvalue weighted by molar-refractivity contribution is 0.340. The molecule has 0 bridgehead atoms. The summed E-state index contributed by atoms with van der Waals surface area (Å²) in [4.78, 5) is 2.47. The van der Waals surface area contributed by atoms with E-state index >= 15 is 0 Å². The number of halogens is 1. The summed E-state index contributed by atoms with van der Waals surface area (Å²) in [5.41, 5.74) is 2.66. The van der Waals surface area contributed by atoms with Gasteiger partial charge in [-0.05, 0) is 71.8 Å². The number of rotatable bonds is 5. The molecule has 0 aliphatic heterocycles. The Kier molecular flexibility index (Phi) is 5.91. The number of nitrogens with one attached hydrogen (secondary N) is 1. The van der Waals surface area contributed by atoms with E-state index in [0.717, 1.165) is 19.0 Å². The molecule has 0 aromatic heterocycles. The van der Waals surface area contributed by atoms with Gasteiger partial charge in [-0.1, -0.05) is 19.9 Å². The topological polar surface area (TPSA) is 15.3 Å². The standard InChI is InChI=1S/C17H27BrN2/c1-4-19-12-14-7-10-17(16(18)11-14)20(3)15-8-5-13(2)6-9-15/h7,10-11,13,15,19H,4-6,8-9,12H2,1-3H3. The highest BCUT2D eigenvalue weighted by molar-refractivity contribution is 9.10. The van der Waals surface area contributed by atoms with E-state index < -0.39 is 0 Å². The van der Waals surface area contributed by atoms with E-state index in [0.29, 0.717) is 6.04 Å². The first-order valence-electron chi connectivity index (χ1n) is 7.83. The van der Waals surface area contributed by atoms with E-state index in [-0.39, 0.29) is 0 Å². The van der Waals surface area contributed by atoms with E-state index in [2.05, 4.69) is 65.2 Å². The van der Waals surface area contributed by atoms with Gasteiger partial charge in [0.25, 0.3) is 0 Å². The Morgan fingerprint density at radius 1 is 1.25 bits per heavy atom. The Hall–Kier alpha value is -0.540. The van der Waals surface area contributed by atoms with Crippen LogP contribution in [-0.4, -0.2) is 19.6 Å². The minimum Gasteiger partial charge on any atom is -0.371 e. The van der Waals surface area contributed by atoms with E-state index in [4.69, 9.17) is 0 Å². The fraction of sp³-hybridized carbons (Fsp3) is 0.647. The third kappa shape index (κ3) is 3.98. The monoisotopic (exact) mass is 338 g/mol. The van der Waals surface area contributed by atoms with Crippen LogP contribution in [0.25, 0.3) is 0 Å². The summed E-state index contributed by atoms with van der Waals surface area (Å²) < 4.78 is 1.22. The van der Waals surface area contributed by atoms with Crippen molar-refractivity contribution >= 4 is 21.6 Å². The maximum Gasteiger partial charge on any atom is 0.0510 e. The van der Waals surface area contributed by atoms with E-state index in [9.17, 15) is 0 Å². The van der Waals surface area contributed by atoms with Gasteiger partial charge >= 0.3 is 0 Å². The van der Waals surface area contributed by atoms with Gasteiger partial charge in [-0.3, -0.25) is 0 Å². The average molecular weight is 339 g/mol. The third-order valence-corrected chi connectivity index (χ3v) is 5.14. The Bertz CT molecular complexity index is 425. The van der Waals surface area contributed by atoms with Crippen molar-refractivity contribution in [2.45, 2.75) is 52.1 Å². The SMILES string of the molecule is CCNCc1ccc(N(C)C2CCC(C)CC2)c(Br)c1. The zero-order valence-electron chi connectivity index (χ0n) is 13.0. The highest BCUT2D eigenvalue weighted by Gasteiger charge is 2.22. The molecule has 0 radical (unpaired) electrons. The summed E-state index contributed by atoms with van der Waals surface area (Å²) in [6.45, 7) is 6.47. The van der Waals surface area contributed by atoms with Gasteiger partial charge in [-0.15, -0.1) is 0 Å². The van der Waals surface area contributed by atoms with E-state index in [1.807, 2.05) is 0 Å².